The van der Waals surface area contributed by atoms with Gasteiger partial charge in [-0.2, -0.15) is 0 Å². The van der Waals surface area contributed by atoms with Crippen molar-refractivity contribution in [3.8, 4) is 0 Å². The van der Waals surface area contributed by atoms with Crippen LogP contribution in [0.1, 0.15) is 13.3 Å². The van der Waals surface area contributed by atoms with Crippen LogP contribution in [0.15, 0.2) is 21.3 Å². The summed E-state index contributed by atoms with van der Waals surface area (Å²) in [5, 5.41) is 3.20. The van der Waals surface area contributed by atoms with Gasteiger partial charge in [0.25, 0.3) is 0 Å². The van der Waals surface area contributed by atoms with Crippen molar-refractivity contribution in [2.75, 3.05) is 30.8 Å². The number of nitrogens with one attached hydrogen (secondary N) is 2. The third kappa shape index (κ3) is 2.84. The summed E-state index contributed by atoms with van der Waals surface area (Å²) in [4.78, 5) is 13.6. The minimum atomic E-state index is -0.474. The molecule has 98 valence electrons. The zero-order chi connectivity index (χ0) is 13.0. The lowest BCUT2D eigenvalue weighted by Gasteiger charge is -2.09. The number of H-pyrrole nitrogens is 1. The van der Waals surface area contributed by atoms with Gasteiger partial charge < -0.3 is 20.2 Å². The van der Waals surface area contributed by atoms with Gasteiger partial charge in [-0.1, -0.05) is 0 Å². The molecule has 0 bridgehead atoms. The summed E-state index contributed by atoms with van der Waals surface area (Å²) >= 11 is 0. The molecule has 0 aliphatic rings. The number of hydrogen-bond donors (Lipinski definition) is 3. The number of nitrogens with two attached hydrogens (primary N) is 1. The van der Waals surface area contributed by atoms with Gasteiger partial charge in [-0.05, 0) is 19.4 Å². The average molecular weight is 251 g/mol. The Morgan fingerprint density at radius 3 is 3.11 bits per heavy atom. The molecule has 0 saturated carbocycles. The molecule has 0 spiro atoms. The van der Waals surface area contributed by atoms with Gasteiger partial charge in [0.1, 0.15) is 0 Å². The van der Waals surface area contributed by atoms with E-state index < -0.39 is 5.76 Å². The van der Waals surface area contributed by atoms with Gasteiger partial charge in [0.2, 0.25) is 0 Å². The van der Waals surface area contributed by atoms with Crippen molar-refractivity contribution in [2.45, 2.75) is 13.3 Å². The fourth-order valence-corrected chi connectivity index (χ4v) is 1.71. The largest absolute Gasteiger partial charge is 0.417 e. The molecule has 4 N–H and O–H groups in total. The first kappa shape index (κ1) is 12.5. The van der Waals surface area contributed by atoms with E-state index >= 15 is 0 Å². The van der Waals surface area contributed by atoms with E-state index in [1.54, 1.807) is 12.1 Å². The molecule has 0 amide bonds. The molecule has 6 heteroatoms. The number of anilines is 2. The lowest BCUT2D eigenvalue weighted by molar-refractivity contribution is 0.147. The molecule has 1 aromatic heterocycles. The van der Waals surface area contributed by atoms with Crippen LogP contribution >= 0.6 is 0 Å². The number of fused-ring (bicyclic) bond motifs is 1. The summed E-state index contributed by atoms with van der Waals surface area (Å²) in [6.45, 7) is 4.17. The van der Waals surface area contributed by atoms with Crippen LogP contribution in [0, 0.1) is 0 Å². The topological polar surface area (TPSA) is 93.3 Å². The normalized spacial score (nSPS) is 10.9. The van der Waals surface area contributed by atoms with Gasteiger partial charge in [0.15, 0.2) is 5.58 Å². The molecule has 0 aliphatic heterocycles. The van der Waals surface area contributed by atoms with E-state index in [9.17, 15) is 4.79 Å². The third-order valence-corrected chi connectivity index (χ3v) is 2.58. The van der Waals surface area contributed by atoms with Crippen molar-refractivity contribution in [3.05, 3.63) is 22.7 Å². The van der Waals surface area contributed by atoms with Crippen molar-refractivity contribution < 1.29 is 9.15 Å². The maximum Gasteiger partial charge on any atom is 0.417 e. The summed E-state index contributed by atoms with van der Waals surface area (Å²) < 4.78 is 10.2. The van der Waals surface area contributed by atoms with E-state index in [0.29, 0.717) is 23.4 Å². The second-order valence-electron chi connectivity index (χ2n) is 3.93. The minimum absolute atomic E-state index is 0.470. The van der Waals surface area contributed by atoms with Crippen LogP contribution in [0.25, 0.3) is 11.1 Å². The number of aromatic nitrogens is 1. The maximum atomic E-state index is 11.0. The van der Waals surface area contributed by atoms with E-state index in [1.165, 1.54) is 0 Å². The zero-order valence-corrected chi connectivity index (χ0v) is 10.3. The van der Waals surface area contributed by atoms with E-state index in [4.69, 9.17) is 14.9 Å². The molecule has 0 aliphatic carbocycles. The number of oxazole rings is 1. The predicted octanol–water partition coefficient (Wildman–Crippen LogP) is 1.54. The van der Waals surface area contributed by atoms with Gasteiger partial charge in [-0.15, -0.1) is 0 Å². The summed E-state index contributed by atoms with van der Waals surface area (Å²) in [5.41, 5.74) is 8.32. The Bertz CT molecular complexity index is 573. The second-order valence-corrected chi connectivity index (χ2v) is 3.93. The van der Waals surface area contributed by atoms with Crippen LogP contribution in [-0.4, -0.2) is 24.7 Å². The molecule has 1 heterocycles. The Morgan fingerprint density at radius 2 is 2.33 bits per heavy atom. The van der Waals surface area contributed by atoms with Crippen LogP contribution in [0.5, 0.6) is 0 Å². The number of rotatable bonds is 6. The van der Waals surface area contributed by atoms with E-state index in [1.807, 2.05) is 6.92 Å². The number of benzene rings is 1. The number of hydrogen-bond acceptors (Lipinski definition) is 5. The van der Waals surface area contributed by atoms with Crippen LogP contribution in [0.2, 0.25) is 0 Å². The van der Waals surface area contributed by atoms with Gasteiger partial charge in [-0.3, -0.25) is 4.98 Å². The van der Waals surface area contributed by atoms with Crippen LogP contribution < -0.4 is 16.8 Å². The molecule has 1 aromatic carbocycles. The molecular weight excluding hydrogens is 234 g/mol. The van der Waals surface area contributed by atoms with Gasteiger partial charge in [-0.25, -0.2) is 4.79 Å². The molecule has 6 nitrogen and oxygen atoms in total. The molecule has 0 radical (unpaired) electrons. The number of nitrogen functional groups attached to an aromatic ring is 1. The van der Waals surface area contributed by atoms with Crippen molar-refractivity contribution in [2.24, 2.45) is 0 Å². The maximum absolute atomic E-state index is 11.0. The van der Waals surface area contributed by atoms with Crippen molar-refractivity contribution >= 4 is 22.5 Å². The molecule has 2 rings (SSSR count). The van der Waals surface area contributed by atoms with Crippen molar-refractivity contribution in [1.29, 1.82) is 0 Å². The van der Waals surface area contributed by atoms with Crippen LogP contribution in [-0.2, 0) is 4.74 Å². The highest BCUT2D eigenvalue weighted by Crippen LogP contribution is 2.24. The fraction of sp³-hybridized carbons (Fsp3) is 0.417. The summed E-state index contributed by atoms with van der Waals surface area (Å²) in [5.74, 6) is -0.474. The van der Waals surface area contributed by atoms with Gasteiger partial charge in [0.05, 0.1) is 16.9 Å². The first-order chi connectivity index (χ1) is 8.70. The quantitative estimate of drug-likeness (QED) is 0.535. The van der Waals surface area contributed by atoms with E-state index in [0.717, 1.165) is 25.3 Å². The van der Waals surface area contributed by atoms with Gasteiger partial charge in [0, 0.05) is 25.8 Å². The third-order valence-electron chi connectivity index (χ3n) is 2.58. The molecule has 0 unspecified atom stereocenters. The van der Waals surface area contributed by atoms with Crippen LogP contribution in [0.4, 0.5) is 11.4 Å². The molecular formula is C12H17N3O3. The van der Waals surface area contributed by atoms with E-state index in [-0.39, 0.29) is 0 Å². The Kier molecular flexibility index (Phi) is 3.88. The monoisotopic (exact) mass is 251 g/mol. The number of ether oxygens (including phenoxy) is 1. The molecule has 0 fully saturated rings. The summed E-state index contributed by atoms with van der Waals surface area (Å²) in [6, 6.07) is 3.41. The molecule has 2 aromatic rings. The smallest absolute Gasteiger partial charge is 0.408 e. The lowest BCUT2D eigenvalue weighted by Crippen LogP contribution is -2.07. The first-order valence-corrected chi connectivity index (χ1v) is 5.94. The molecule has 18 heavy (non-hydrogen) atoms. The van der Waals surface area contributed by atoms with Gasteiger partial charge >= 0.3 is 5.76 Å². The zero-order valence-electron chi connectivity index (χ0n) is 10.3. The summed E-state index contributed by atoms with van der Waals surface area (Å²) in [7, 11) is 0. The lowest BCUT2D eigenvalue weighted by atomic mass is 10.2. The predicted molar refractivity (Wildman–Crippen MR) is 70.8 cm³/mol. The van der Waals surface area contributed by atoms with Crippen molar-refractivity contribution in [1.82, 2.24) is 4.98 Å². The van der Waals surface area contributed by atoms with E-state index in [2.05, 4.69) is 10.3 Å². The Balaban J connectivity index is 2.03. The molecule has 0 atom stereocenters. The van der Waals surface area contributed by atoms with Crippen molar-refractivity contribution in [3.63, 3.8) is 0 Å². The molecule has 0 saturated heterocycles. The first-order valence-electron chi connectivity index (χ1n) is 5.94. The highest BCUT2D eigenvalue weighted by molar-refractivity contribution is 5.85. The highest BCUT2D eigenvalue weighted by atomic mass is 16.5. The highest BCUT2D eigenvalue weighted by Gasteiger charge is 2.06. The fourth-order valence-electron chi connectivity index (χ4n) is 1.71. The second kappa shape index (κ2) is 5.59. The Hall–Kier alpha value is -1.95. The Labute approximate surface area is 104 Å². The average Bonchev–Trinajstić information content (AvgIpc) is 2.68. The number of aromatic amines is 1. The van der Waals surface area contributed by atoms with Crippen LogP contribution in [0.3, 0.4) is 0 Å². The summed E-state index contributed by atoms with van der Waals surface area (Å²) in [6.07, 6.45) is 0.896. The standard InChI is InChI=1S/C12H17N3O3/c1-2-17-5-3-4-14-9-7-10-11(6-8(9)13)18-12(16)15-10/h6-7,14H,2-5,13H2,1H3,(H,15,16). The Morgan fingerprint density at radius 1 is 1.50 bits per heavy atom. The SMILES string of the molecule is CCOCCCNc1cc2[nH]c(=O)oc2cc1N. The minimum Gasteiger partial charge on any atom is -0.408 e.